The standard InChI is InChI=1S/C20H29N7O/c1-13-11-21-24-18(14(13)2)27-10-7-17-16(12-27)19(23-20(22-17)25(3)4)26-8-5-15(28)6-9-26/h11,15,28H,5-10,12H2,1-4H3. The molecule has 0 radical (unpaired) electrons. The molecule has 4 rings (SSSR count). The number of aromatic nitrogens is 4. The molecule has 0 unspecified atom stereocenters. The van der Waals surface area contributed by atoms with Gasteiger partial charge in [-0.1, -0.05) is 0 Å². The fourth-order valence-electron chi connectivity index (χ4n) is 3.92. The zero-order valence-electron chi connectivity index (χ0n) is 17.2. The number of piperidine rings is 1. The molecule has 1 N–H and O–H groups in total. The minimum atomic E-state index is -0.205. The summed E-state index contributed by atoms with van der Waals surface area (Å²) in [5, 5.41) is 18.5. The third kappa shape index (κ3) is 3.48. The van der Waals surface area contributed by atoms with E-state index in [1.165, 1.54) is 11.1 Å². The van der Waals surface area contributed by atoms with Crippen molar-refractivity contribution >= 4 is 17.6 Å². The van der Waals surface area contributed by atoms with E-state index in [-0.39, 0.29) is 6.10 Å². The van der Waals surface area contributed by atoms with Gasteiger partial charge in [-0.2, -0.15) is 10.1 Å². The molecule has 0 aromatic carbocycles. The summed E-state index contributed by atoms with van der Waals surface area (Å²) in [7, 11) is 3.96. The Kier molecular flexibility index (Phi) is 5.05. The normalized spacial score (nSPS) is 17.6. The van der Waals surface area contributed by atoms with Crippen LogP contribution in [0.15, 0.2) is 6.20 Å². The summed E-state index contributed by atoms with van der Waals surface area (Å²) in [4.78, 5) is 16.3. The van der Waals surface area contributed by atoms with E-state index in [4.69, 9.17) is 9.97 Å². The second kappa shape index (κ2) is 7.50. The van der Waals surface area contributed by atoms with E-state index in [0.29, 0.717) is 0 Å². The molecule has 8 nitrogen and oxygen atoms in total. The van der Waals surface area contributed by atoms with Crippen molar-refractivity contribution < 1.29 is 5.11 Å². The van der Waals surface area contributed by atoms with Gasteiger partial charge in [0.15, 0.2) is 5.82 Å². The number of fused-ring (bicyclic) bond motifs is 1. The number of aryl methyl sites for hydroxylation is 1. The zero-order chi connectivity index (χ0) is 19.8. The quantitative estimate of drug-likeness (QED) is 0.853. The molecule has 28 heavy (non-hydrogen) atoms. The Hall–Kier alpha value is -2.48. The Morgan fingerprint density at radius 1 is 1.04 bits per heavy atom. The summed E-state index contributed by atoms with van der Waals surface area (Å²) in [6.45, 7) is 7.42. The van der Waals surface area contributed by atoms with Gasteiger partial charge >= 0.3 is 0 Å². The molecule has 1 saturated heterocycles. The third-order valence-corrected chi connectivity index (χ3v) is 5.82. The first-order valence-electron chi connectivity index (χ1n) is 9.98. The molecule has 2 aromatic heterocycles. The van der Waals surface area contributed by atoms with Crippen molar-refractivity contribution in [3.05, 3.63) is 28.6 Å². The number of aliphatic hydroxyl groups is 1. The maximum absolute atomic E-state index is 9.91. The van der Waals surface area contributed by atoms with Gasteiger partial charge in [0, 0.05) is 52.3 Å². The Morgan fingerprint density at radius 3 is 2.50 bits per heavy atom. The Labute approximate surface area is 166 Å². The van der Waals surface area contributed by atoms with Crippen LogP contribution in [0.5, 0.6) is 0 Å². The molecule has 0 aliphatic carbocycles. The molecule has 0 spiro atoms. The topological polar surface area (TPSA) is 81.5 Å². The van der Waals surface area contributed by atoms with Crippen molar-refractivity contribution in [1.82, 2.24) is 20.2 Å². The largest absolute Gasteiger partial charge is 0.393 e. The van der Waals surface area contributed by atoms with Crippen molar-refractivity contribution in [2.45, 2.75) is 45.8 Å². The maximum atomic E-state index is 9.91. The Bertz CT molecular complexity index is 862. The fourth-order valence-corrected chi connectivity index (χ4v) is 3.92. The predicted octanol–water partition coefficient (Wildman–Crippen LogP) is 1.47. The summed E-state index contributed by atoms with van der Waals surface area (Å²) < 4.78 is 0. The van der Waals surface area contributed by atoms with Gasteiger partial charge in [0.05, 0.1) is 18.0 Å². The van der Waals surface area contributed by atoms with E-state index < -0.39 is 0 Å². The van der Waals surface area contributed by atoms with Crippen LogP contribution in [0.25, 0.3) is 0 Å². The number of hydrogen-bond donors (Lipinski definition) is 1. The van der Waals surface area contributed by atoms with Crippen LogP contribution < -0.4 is 14.7 Å². The Balaban J connectivity index is 1.72. The lowest BCUT2D eigenvalue weighted by molar-refractivity contribution is 0.145. The SMILES string of the molecule is Cc1cnnc(N2CCc3nc(N(C)C)nc(N4CCC(O)CC4)c3C2)c1C. The number of hydrogen-bond acceptors (Lipinski definition) is 8. The summed E-state index contributed by atoms with van der Waals surface area (Å²) in [6, 6.07) is 0. The molecule has 150 valence electrons. The molecule has 2 aromatic rings. The zero-order valence-corrected chi connectivity index (χ0v) is 17.2. The minimum absolute atomic E-state index is 0.205. The van der Waals surface area contributed by atoms with Crippen molar-refractivity contribution in [3.8, 4) is 0 Å². The number of nitrogens with zero attached hydrogens (tertiary/aromatic N) is 7. The van der Waals surface area contributed by atoms with Crippen molar-refractivity contribution in [3.63, 3.8) is 0 Å². The summed E-state index contributed by atoms with van der Waals surface area (Å²) in [5.41, 5.74) is 4.62. The highest BCUT2D eigenvalue weighted by atomic mass is 16.3. The van der Waals surface area contributed by atoms with Crippen LogP contribution >= 0.6 is 0 Å². The van der Waals surface area contributed by atoms with Crippen LogP contribution in [0.1, 0.15) is 35.2 Å². The predicted molar refractivity (Wildman–Crippen MR) is 110 cm³/mol. The van der Waals surface area contributed by atoms with E-state index in [1.54, 1.807) is 0 Å². The van der Waals surface area contributed by atoms with Crippen LogP contribution in [0, 0.1) is 13.8 Å². The lowest BCUT2D eigenvalue weighted by Gasteiger charge is -2.36. The second-order valence-corrected chi connectivity index (χ2v) is 8.03. The molecule has 0 bridgehead atoms. The van der Waals surface area contributed by atoms with Crippen molar-refractivity contribution in [2.24, 2.45) is 0 Å². The molecule has 4 heterocycles. The van der Waals surface area contributed by atoms with Gasteiger partial charge < -0.3 is 19.8 Å². The van der Waals surface area contributed by atoms with Gasteiger partial charge in [-0.05, 0) is 37.8 Å². The van der Waals surface area contributed by atoms with Gasteiger partial charge in [-0.15, -0.1) is 5.10 Å². The van der Waals surface area contributed by atoms with Crippen LogP contribution in [0.4, 0.5) is 17.6 Å². The first-order valence-corrected chi connectivity index (χ1v) is 9.98. The highest BCUT2D eigenvalue weighted by molar-refractivity contribution is 5.58. The molecule has 0 saturated carbocycles. The molecular formula is C20H29N7O. The van der Waals surface area contributed by atoms with E-state index in [2.05, 4.69) is 33.8 Å². The number of aliphatic hydroxyl groups excluding tert-OH is 1. The minimum Gasteiger partial charge on any atom is -0.393 e. The third-order valence-electron chi connectivity index (χ3n) is 5.82. The fraction of sp³-hybridized carbons (Fsp3) is 0.600. The summed E-state index contributed by atoms with van der Waals surface area (Å²) in [6.07, 6.45) is 4.03. The van der Waals surface area contributed by atoms with Crippen LogP contribution in [-0.2, 0) is 13.0 Å². The van der Waals surface area contributed by atoms with Gasteiger partial charge in [0.2, 0.25) is 5.95 Å². The van der Waals surface area contributed by atoms with Crippen molar-refractivity contribution in [1.29, 1.82) is 0 Å². The highest BCUT2D eigenvalue weighted by Crippen LogP contribution is 2.32. The number of rotatable bonds is 3. The molecule has 0 atom stereocenters. The van der Waals surface area contributed by atoms with Gasteiger partial charge in [0.25, 0.3) is 0 Å². The van der Waals surface area contributed by atoms with Crippen LogP contribution in [0.2, 0.25) is 0 Å². The molecule has 8 heteroatoms. The van der Waals surface area contributed by atoms with Crippen LogP contribution in [0.3, 0.4) is 0 Å². The second-order valence-electron chi connectivity index (χ2n) is 8.03. The highest BCUT2D eigenvalue weighted by Gasteiger charge is 2.29. The number of anilines is 3. The average molecular weight is 384 g/mol. The van der Waals surface area contributed by atoms with E-state index in [1.807, 2.05) is 25.2 Å². The molecule has 2 aliphatic rings. The maximum Gasteiger partial charge on any atom is 0.227 e. The van der Waals surface area contributed by atoms with Crippen LogP contribution in [-0.4, -0.2) is 65.1 Å². The average Bonchev–Trinajstić information content (AvgIpc) is 2.69. The van der Waals surface area contributed by atoms with E-state index >= 15 is 0 Å². The first kappa shape index (κ1) is 18.9. The molecular weight excluding hydrogens is 354 g/mol. The van der Waals surface area contributed by atoms with Crippen molar-refractivity contribution in [2.75, 3.05) is 48.4 Å². The van der Waals surface area contributed by atoms with Gasteiger partial charge in [-0.3, -0.25) is 0 Å². The van der Waals surface area contributed by atoms with Gasteiger partial charge in [0.1, 0.15) is 5.82 Å². The van der Waals surface area contributed by atoms with E-state index in [9.17, 15) is 5.11 Å². The summed E-state index contributed by atoms with van der Waals surface area (Å²) in [5.74, 6) is 2.70. The molecule has 0 amide bonds. The lowest BCUT2D eigenvalue weighted by atomic mass is 10.0. The van der Waals surface area contributed by atoms with E-state index in [0.717, 1.165) is 74.3 Å². The molecule has 2 aliphatic heterocycles. The first-order chi connectivity index (χ1) is 13.4. The smallest absolute Gasteiger partial charge is 0.227 e. The Morgan fingerprint density at radius 2 is 1.79 bits per heavy atom. The van der Waals surface area contributed by atoms with Gasteiger partial charge in [-0.25, -0.2) is 4.98 Å². The monoisotopic (exact) mass is 383 g/mol. The summed E-state index contributed by atoms with van der Waals surface area (Å²) >= 11 is 0. The lowest BCUT2D eigenvalue weighted by Crippen LogP contribution is -2.40. The molecule has 1 fully saturated rings.